The van der Waals surface area contributed by atoms with Crippen molar-refractivity contribution in [2.45, 2.75) is 70.4 Å². The fourth-order valence-electron chi connectivity index (χ4n) is 3.83. The molecule has 3 rings (SSSR count). The molecule has 1 aromatic rings. The Labute approximate surface area is 129 Å². The second kappa shape index (κ2) is 7.42. The van der Waals surface area contributed by atoms with E-state index in [2.05, 4.69) is 30.4 Å². The van der Waals surface area contributed by atoms with E-state index in [1.165, 1.54) is 56.9 Å². The highest BCUT2D eigenvalue weighted by atomic mass is 16.5. The van der Waals surface area contributed by atoms with Crippen LogP contribution < -0.4 is 5.32 Å². The van der Waals surface area contributed by atoms with Gasteiger partial charge in [-0.3, -0.25) is 0 Å². The van der Waals surface area contributed by atoms with E-state index in [4.69, 9.17) is 4.74 Å². The first-order chi connectivity index (χ1) is 10.4. The summed E-state index contributed by atoms with van der Waals surface area (Å²) in [6.45, 7) is 4.21. The molecule has 1 N–H and O–H groups in total. The fourth-order valence-corrected chi connectivity index (χ4v) is 3.83. The van der Waals surface area contributed by atoms with Crippen molar-refractivity contribution in [3.63, 3.8) is 0 Å². The van der Waals surface area contributed by atoms with Crippen LogP contribution in [0.25, 0.3) is 0 Å². The van der Waals surface area contributed by atoms with Gasteiger partial charge in [-0.25, -0.2) is 0 Å². The quantitative estimate of drug-likeness (QED) is 0.847. The molecule has 116 valence electrons. The monoisotopic (exact) mass is 287 g/mol. The van der Waals surface area contributed by atoms with Gasteiger partial charge in [0.05, 0.1) is 6.10 Å². The van der Waals surface area contributed by atoms with Crippen molar-refractivity contribution >= 4 is 0 Å². The molecule has 1 heterocycles. The van der Waals surface area contributed by atoms with Gasteiger partial charge in [-0.05, 0) is 74.6 Å². The van der Waals surface area contributed by atoms with E-state index in [0.717, 1.165) is 13.2 Å². The summed E-state index contributed by atoms with van der Waals surface area (Å²) in [5.41, 5.74) is 4.66. The highest BCUT2D eigenvalue weighted by Crippen LogP contribution is 2.28. The Balaban J connectivity index is 1.67. The maximum absolute atomic E-state index is 5.78. The van der Waals surface area contributed by atoms with E-state index < -0.39 is 0 Å². The maximum atomic E-state index is 5.78. The minimum atomic E-state index is 0.492. The molecular formula is C19H29NO. The van der Waals surface area contributed by atoms with Crippen LogP contribution in [0.2, 0.25) is 0 Å². The predicted octanol–water partition coefficient (Wildman–Crippen LogP) is 4.18. The van der Waals surface area contributed by atoms with Crippen LogP contribution in [0.4, 0.5) is 0 Å². The highest BCUT2D eigenvalue weighted by Gasteiger charge is 2.19. The lowest BCUT2D eigenvalue weighted by Crippen LogP contribution is -2.23. The van der Waals surface area contributed by atoms with E-state index in [0.29, 0.717) is 12.1 Å². The predicted molar refractivity (Wildman–Crippen MR) is 87.7 cm³/mol. The lowest BCUT2D eigenvalue weighted by Gasteiger charge is -2.23. The third kappa shape index (κ3) is 3.87. The summed E-state index contributed by atoms with van der Waals surface area (Å²) in [7, 11) is 0. The van der Waals surface area contributed by atoms with Crippen LogP contribution in [-0.2, 0) is 17.6 Å². The molecule has 1 aliphatic carbocycles. The van der Waals surface area contributed by atoms with Crippen LogP contribution >= 0.6 is 0 Å². The normalized spacial score (nSPS) is 23.0. The topological polar surface area (TPSA) is 21.3 Å². The van der Waals surface area contributed by atoms with Gasteiger partial charge in [0.25, 0.3) is 0 Å². The zero-order valence-corrected chi connectivity index (χ0v) is 13.4. The van der Waals surface area contributed by atoms with E-state index >= 15 is 0 Å². The molecule has 1 aromatic carbocycles. The van der Waals surface area contributed by atoms with Gasteiger partial charge in [0.2, 0.25) is 0 Å². The van der Waals surface area contributed by atoms with Crippen molar-refractivity contribution in [3.8, 4) is 0 Å². The fraction of sp³-hybridized carbons (Fsp3) is 0.684. The Kier molecular flexibility index (Phi) is 5.32. The van der Waals surface area contributed by atoms with Crippen LogP contribution in [0, 0.1) is 0 Å². The number of fused-ring (bicyclic) bond motifs is 1. The molecule has 2 atom stereocenters. The van der Waals surface area contributed by atoms with E-state index in [-0.39, 0.29) is 0 Å². The van der Waals surface area contributed by atoms with Gasteiger partial charge in [0, 0.05) is 12.6 Å². The number of hydrogen-bond acceptors (Lipinski definition) is 2. The summed E-state index contributed by atoms with van der Waals surface area (Å²) in [4.78, 5) is 0. The number of aryl methyl sites for hydroxylation is 2. The van der Waals surface area contributed by atoms with Crippen LogP contribution in [0.5, 0.6) is 0 Å². The Morgan fingerprint density at radius 2 is 2.05 bits per heavy atom. The molecule has 1 saturated heterocycles. The lowest BCUT2D eigenvalue weighted by atomic mass is 9.88. The SMILES string of the molecule is CCNC(CCC1CCCO1)c1ccc2c(c1)CCCC2. The first kappa shape index (κ1) is 15.1. The molecule has 0 amide bonds. The number of ether oxygens (including phenoxy) is 1. The molecule has 2 unspecified atom stereocenters. The van der Waals surface area contributed by atoms with E-state index in [1.54, 1.807) is 11.1 Å². The highest BCUT2D eigenvalue weighted by molar-refractivity contribution is 5.35. The van der Waals surface area contributed by atoms with Gasteiger partial charge >= 0.3 is 0 Å². The minimum absolute atomic E-state index is 0.492. The number of benzene rings is 1. The summed E-state index contributed by atoms with van der Waals surface area (Å²) in [6.07, 6.45) is 10.7. The van der Waals surface area contributed by atoms with Gasteiger partial charge in [0.1, 0.15) is 0 Å². The summed E-state index contributed by atoms with van der Waals surface area (Å²) in [6, 6.07) is 7.69. The molecule has 0 radical (unpaired) electrons. The Hall–Kier alpha value is -0.860. The van der Waals surface area contributed by atoms with Crippen LogP contribution in [0.3, 0.4) is 0 Å². The lowest BCUT2D eigenvalue weighted by molar-refractivity contribution is 0.0996. The standard InChI is InChI=1S/C19H29NO/c1-2-20-19(12-11-18-8-5-13-21-18)17-10-9-15-6-3-4-7-16(15)14-17/h9-10,14,18-20H,2-8,11-13H2,1H3. The third-order valence-electron chi connectivity index (χ3n) is 5.03. The molecule has 1 fully saturated rings. The molecule has 0 bridgehead atoms. The summed E-state index contributed by atoms with van der Waals surface area (Å²) in [5.74, 6) is 0. The zero-order valence-electron chi connectivity index (χ0n) is 13.4. The van der Waals surface area contributed by atoms with E-state index in [1.807, 2.05) is 0 Å². The number of hydrogen-bond donors (Lipinski definition) is 1. The van der Waals surface area contributed by atoms with Crippen molar-refractivity contribution in [3.05, 3.63) is 34.9 Å². The molecule has 0 saturated carbocycles. The Morgan fingerprint density at radius 1 is 1.19 bits per heavy atom. The second-order valence-electron chi connectivity index (χ2n) is 6.56. The summed E-state index contributed by atoms with van der Waals surface area (Å²) in [5, 5.41) is 3.67. The van der Waals surface area contributed by atoms with Crippen molar-refractivity contribution in [2.75, 3.05) is 13.2 Å². The molecule has 21 heavy (non-hydrogen) atoms. The molecule has 0 aromatic heterocycles. The molecule has 2 nitrogen and oxygen atoms in total. The van der Waals surface area contributed by atoms with Crippen molar-refractivity contribution in [1.82, 2.24) is 5.32 Å². The number of nitrogens with one attached hydrogen (secondary N) is 1. The smallest absolute Gasteiger partial charge is 0.0576 e. The van der Waals surface area contributed by atoms with Crippen molar-refractivity contribution < 1.29 is 4.74 Å². The first-order valence-electron chi connectivity index (χ1n) is 8.83. The van der Waals surface area contributed by atoms with Crippen molar-refractivity contribution in [2.24, 2.45) is 0 Å². The third-order valence-corrected chi connectivity index (χ3v) is 5.03. The second-order valence-corrected chi connectivity index (χ2v) is 6.56. The van der Waals surface area contributed by atoms with Gasteiger partial charge in [-0.1, -0.05) is 25.1 Å². The summed E-state index contributed by atoms with van der Waals surface area (Å²) < 4.78 is 5.78. The van der Waals surface area contributed by atoms with Crippen LogP contribution in [-0.4, -0.2) is 19.3 Å². The molecule has 0 spiro atoms. The van der Waals surface area contributed by atoms with Crippen LogP contribution in [0.1, 0.15) is 68.2 Å². The van der Waals surface area contributed by atoms with Crippen LogP contribution in [0.15, 0.2) is 18.2 Å². The zero-order chi connectivity index (χ0) is 14.5. The first-order valence-corrected chi connectivity index (χ1v) is 8.83. The van der Waals surface area contributed by atoms with E-state index in [9.17, 15) is 0 Å². The van der Waals surface area contributed by atoms with Crippen molar-refractivity contribution in [1.29, 1.82) is 0 Å². The maximum Gasteiger partial charge on any atom is 0.0576 e. The van der Waals surface area contributed by atoms with Gasteiger partial charge < -0.3 is 10.1 Å². The average Bonchev–Trinajstić information content (AvgIpc) is 3.04. The Bertz CT molecular complexity index is 451. The minimum Gasteiger partial charge on any atom is -0.378 e. The Morgan fingerprint density at radius 3 is 2.81 bits per heavy atom. The molecule has 2 aliphatic rings. The van der Waals surface area contributed by atoms with Gasteiger partial charge in [-0.2, -0.15) is 0 Å². The molecule has 1 aliphatic heterocycles. The molecule has 2 heteroatoms. The summed E-state index contributed by atoms with van der Waals surface area (Å²) >= 11 is 0. The van der Waals surface area contributed by atoms with Gasteiger partial charge in [0.15, 0.2) is 0 Å². The number of rotatable bonds is 6. The average molecular weight is 287 g/mol. The molecular weight excluding hydrogens is 258 g/mol. The largest absolute Gasteiger partial charge is 0.378 e. The van der Waals surface area contributed by atoms with Gasteiger partial charge in [-0.15, -0.1) is 0 Å².